The largest absolute Gasteiger partial charge is 0.481 e. The molecule has 70 valence electrons. The first-order valence-corrected chi connectivity index (χ1v) is 3.80. The number of primary amides is 1. The quantitative estimate of drug-likeness (QED) is 0.518. The van der Waals surface area contributed by atoms with Crippen LogP contribution in [0.25, 0.3) is 0 Å². The van der Waals surface area contributed by atoms with Crippen molar-refractivity contribution in [3.05, 3.63) is 0 Å². The van der Waals surface area contributed by atoms with Crippen molar-refractivity contribution in [2.75, 3.05) is 6.54 Å². The van der Waals surface area contributed by atoms with Crippen molar-refractivity contribution >= 4 is 12.0 Å². The predicted octanol–water partition coefficient (Wildman–Crippen LogP) is 0.156. The fraction of sp³-hybridized carbons (Fsp3) is 0.714. The summed E-state index contributed by atoms with van der Waals surface area (Å²) in [7, 11) is 0. The molecule has 5 heteroatoms. The Labute approximate surface area is 70.9 Å². The van der Waals surface area contributed by atoms with Crippen LogP contribution in [-0.2, 0) is 4.79 Å². The summed E-state index contributed by atoms with van der Waals surface area (Å²) in [5.41, 5.74) is 4.80. The lowest BCUT2D eigenvalue weighted by atomic mass is 10.1. The molecule has 0 radical (unpaired) electrons. The van der Waals surface area contributed by atoms with Gasteiger partial charge in [0.05, 0.1) is 5.92 Å². The van der Waals surface area contributed by atoms with Gasteiger partial charge in [0.1, 0.15) is 0 Å². The number of nitrogens with two attached hydrogens (primary N) is 1. The van der Waals surface area contributed by atoms with Gasteiger partial charge in [0.2, 0.25) is 0 Å². The molecule has 0 bridgehead atoms. The Bertz CT molecular complexity index is 170. The Morgan fingerprint density at radius 1 is 1.58 bits per heavy atom. The molecule has 2 amide bonds. The highest BCUT2D eigenvalue weighted by atomic mass is 16.4. The van der Waals surface area contributed by atoms with Crippen molar-refractivity contribution < 1.29 is 14.7 Å². The van der Waals surface area contributed by atoms with E-state index in [4.69, 9.17) is 10.8 Å². The molecule has 0 spiro atoms. The molecule has 0 aromatic carbocycles. The van der Waals surface area contributed by atoms with Crippen LogP contribution < -0.4 is 11.1 Å². The minimum absolute atomic E-state index is 0.361. The van der Waals surface area contributed by atoms with Crippen molar-refractivity contribution in [1.29, 1.82) is 0 Å². The van der Waals surface area contributed by atoms with E-state index in [-0.39, 0.29) is 5.92 Å². The lowest BCUT2D eigenvalue weighted by Gasteiger charge is -2.05. The molecule has 0 aliphatic rings. The number of carbonyl (C=O) groups excluding carboxylic acids is 1. The van der Waals surface area contributed by atoms with Gasteiger partial charge in [-0.05, 0) is 12.8 Å². The number of aliphatic carboxylic acids is 1. The van der Waals surface area contributed by atoms with Crippen molar-refractivity contribution in [1.82, 2.24) is 5.32 Å². The molecule has 0 rings (SSSR count). The maximum Gasteiger partial charge on any atom is 0.312 e. The third-order valence-electron chi connectivity index (χ3n) is 1.53. The van der Waals surface area contributed by atoms with Crippen LogP contribution in [0.1, 0.15) is 19.8 Å². The first-order chi connectivity index (χ1) is 5.54. The fourth-order valence-electron chi connectivity index (χ4n) is 0.743. The van der Waals surface area contributed by atoms with Gasteiger partial charge in [-0.15, -0.1) is 0 Å². The van der Waals surface area contributed by atoms with Gasteiger partial charge in [0.25, 0.3) is 0 Å². The van der Waals surface area contributed by atoms with Gasteiger partial charge in [0.15, 0.2) is 0 Å². The number of rotatable bonds is 5. The van der Waals surface area contributed by atoms with E-state index < -0.39 is 12.0 Å². The van der Waals surface area contributed by atoms with Crippen molar-refractivity contribution in [3.63, 3.8) is 0 Å². The SMILES string of the molecule is C[C@@H](CCCNC(N)=O)C(=O)O. The summed E-state index contributed by atoms with van der Waals surface area (Å²) in [6.07, 6.45) is 1.19. The molecular weight excluding hydrogens is 160 g/mol. The molecule has 0 aromatic rings. The Morgan fingerprint density at radius 2 is 2.17 bits per heavy atom. The van der Waals surface area contributed by atoms with E-state index in [2.05, 4.69) is 5.32 Å². The monoisotopic (exact) mass is 174 g/mol. The van der Waals surface area contributed by atoms with Crippen LogP contribution in [-0.4, -0.2) is 23.7 Å². The standard InChI is InChI=1S/C7H14N2O3/c1-5(6(10)11)3-2-4-9-7(8)12/h5H,2-4H2,1H3,(H,10,11)(H3,8,9,12)/t5-/m0/s1. The summed E-state index contributed by atoms with van der Waals surface area (Å²) < 4.78 is 0. The Hall–Kier alpha value is -1.26. The molecule has 0 heterocycles. The number of carbonyl (C=O) groups is 2. The Balaban J connectivity index is 3.31. The highest BCUT2D eigenvalue weighted by molar-refractivity contribution is 5.71. The van der Waals surface area contributed by atoms with Crippen molar-refractivity contribution in [2.24, 2.45) is 11.7 Å². The Kier molecular flexibility index (Phi) is 4.83. The second-order valence-electron chi connectivity index (χ2n) is 2.67. The number of nitrogens with one attached hydrogen (secondary N) is 1. The third kappa shape index (κ3) is 5.52. The molecule has 1 atom stereocenters. The fourth-order valence-corrected chi connectivity index (χ4v) is 0.743. The zero-order chi connectivity index (χ0) is 9.56. The summed E-state index contributed by atoms with van der Waals surface area (Å²) in [5, 5.41) is 10.9. The van der Waals surface area contributed by atoms with Gasteiger partial charge < -0.3 is 16.2 Å². The smallest absolute Gasteiger partial charge is 0.312 e. The Morgan fingerprint density at radius 3 is 2.58 bits per heavy atom. The van der Waals surface area contributed by atoms with Gasteiger partial charge >= 0.3 is 12.0 Å². The highest BCUT2D eigenvalue weighted by Gasteiger charge is 2.09. The lowest BCUT2D eigenvalue weighted by Crippen LogP contribution is -2.30. The molecule has 0 saturated heterocycles. The zero-order valence-electron chi connectivity index (χ0n) is 7.04. The van der Waals surface area contributed by atoms with E-state index in [1.54, 1.807) is 6.92 Å². The maximum absolute atomic E-state index is 10.3. The molecule has 4 N–H and O–H groups in total. The second-order valence-corrected chi connectivity index (χ2v) is 2.67. The first kappa shape index (κ1) is 10.7. The van der Waals surface area contributed by atoms with Crippen LogP contribution in [0.3, 0.4) is 0 Å². The first-order valence-electron chi connectivity index (χ1n) is 3.80. The second kappa shape index (κ2) is 5.40. The van der Waals surface area contributed by atoms with Gasteiger partial charge in [-0.2, -0.15) is 0 Å². The summed E-state index contributed by atoms with van der Waals surface area (Å²) in [6.45, 7) is 2.07. The van der Waals surface area contributed by atoms with Gasteiger partial charge in [-0.25, -0.2) is 4.79 Å². The topological polar surface area (TPSA) is 92.4 Å². The van der Waals surface area contributed by atoms with Crippen molar-refractivity contribution in [3.8, 4) is 0 Å². The summed E-state index contributed by atoms with van der Waals surface area (Å²) in [4.78, 5) is 20.5. The number of carboxylic acids is 1. The van der Waals surface area contributed by atoms with E-state index in [0.717, 1.165) is 0 Å². The van der Waals surface area contributed by atoms with Gasteiger partial charge in [-0.1, -0.05) is 6.92 Å². The van der Waals surface area contributed by atoms with Gasteiger partial charge in [0, 0.05) is 6.54 Å². The lowest BCUT2D eigenvalue weighted by molar-refractivity contribution is -0.141. The van der Waals surface area contributed by atoms with Gasteiger partial charge in [-0.3, -0.25) is 4.79 Å². The average molecular weight is 174 g/mol. The average Bonchev–Trinajstić information content (AvgIpc) is 1.97. The molecule has 5 nitrogen and oxygen atoms in total. The molecule has 0 unspecified atom stereocenters. The van der Waals surface area contributed by atoms with E-state index in [9.17, 15) is 9.59 Å². The number of amides is 2. The normalized spacial score (nSPS) is 12.1. The third-order valence-corrected chi connectivity index (χ3v) is 1.53. The van der Waals surface area contributed by atoms with E-state index in [1.807, 2.05) is 0 Å². The molecule has 0 aliphatic carbocycles. The highest BCUT2D eigenvalue weighted by Crippen LogP contribution is 2.03. The van der Waals surface area contributed by atoms with E-state index in [1.165, 1.54) is 0 Å². The van der Waals surface area contributed by atoms with Crippen molar-refractivity contribution in [2.45, 2.75) is 19.8 Å². The summed E-state index contributed by atoms with van der Waals surface area (Å²) in [5.74, 6) is -1.17. The maximum atomic E-state index is 10.3. The number of hydrogen-bond acceptors (Lipinski definition) is 2. The van der Waals surface area contributed by atoms with E-state index in [0.29, 0.717) is 19.4 Å². The molecule has 12 heavy (non-hydrogen) atoms. The molecule has 0 saturated carbocycles. The van der Waals surface area contributed by atoms with Crippen LogP contribution in [0.4, 0.5) is 4.79 Å². The zero-order valence-corrected chi connectivity index (χ0v) is 7.04. The molecular formula is C7H14N2O3. The molecule has 0 aromatic heterocycles. The van der Waals surface area contributed by atoms with Crippen LogP contribution in [0, 0.1) is 5.92 Å². The minimum Gasteiger partial charge on any atom is -0.481 e. The van der Waals surface area contributed by atoms with Crippen LogP contribution in [0.15, 0.2) is 0 Å². The minimum atomic E-state index is -0.811. The summed E-state index contributed by atoms with van der Waals surface area (Å²) in [6, 6.07) is -0.571. The van der Waals surface area contributed by atoms with Crippen LogP contribution >= 0.6 is 0 Å². The molecule has 0 fully saturated rings. The summed E-state index contributed by atoms with van der Waals surface area (Å²) >= 11 is 0. The molecule has 0 aliphatic heterocycles. The predicted molar refractivity (Wildman–Crippen MR) is 43.6 cm³/mol. The van der Waals surface area contributed by atoms with Crippen LogP contribution in [0.5, 0.6) is 0 Å². The van der Waals surface area contributed by atoms with Crippen LogP contribution in [0.2, 0.25) is 0 Å². The number of hydrogen-bond donors (Lipinski definition) is 3. The van der Waals surface area contributed by atoms with E-state index >= 15 is 0 Å². The number of carboxylic acid groups (broad SMARTS) is 1. The number of urea groups is 1.